The minimum Gasteiger partial charge on any atom is -0.377 e. The third-order valence-corrected chi connectivity index (χ3v) is 4.46. The van der Waals surface area contributed by atoms with E-state index in [1.54, 1.807) is 0 Å². The van der Waals surface area contributed by atoms with Crippen LogP contribution in [0.5, 0.6) is 0 Å². The van der Waals surface area contributed by atoms with E-state index in [-0.39, 0.29) is 0 Å². The largest absolute Gasteiger partial charge is 0.377 e. The van der Waals surface area contributed by atoms with Crippen LogP contribution in [0.4, 0.5) is 0 Å². The lowest BCUT2D eigenvalue weighted by Gasteiger charge is -2.09. The summed E-state index contributed by atoms with van der Waals surface area (Å²) in [7, 11) is 0. The van der Waals surface area contributed by atoms with Crippen molar-refractivity contribution in [3.05, 3.63) is 0 Å². The first-order valence-corrected chi connectivity index (χ1v) is 5.80. The van der Waals surface area contributed by atoms with E-state index in [2.05, 4.69) is 36.4 Å². The quantitative estimate of drug-likeness (QED) is 0.523. The van der Waals surface area contributed by atoms with Gasteiger partial charge < -0.3 is 4.74 Å². The molecule has 0 aromatic rings. The Morgan fingerprint density at radius 3 is 2.45 bits per heavy atom. The zero-order valence-corrected chi connectivity index (χ0v) is 9.35. The molecular weight excluding hydrogens is 251 g/mol. The van der Waals surface area contributed by atoms with Gasteiger partial charge in [0.2, 0.25) is 0 Å². The minimum absolute atomic E-state index is 0.553. The molecule has 1 saturated heterocycles. The Balaban J connectivity index is 2.01. The molecule has 0 aromatic carbocycles. The molecule has 1 nitrogen and oxygen atoms in total. The Kier molecular flexibility index (Phi) is 1.77. The highest BCUT2D eigenvalue weighted by Crippen LogP contribution is 2.68. The highest BCUT2D eigenvalue weighted by molar-refractivity contribution is 14.1. The van der Waals surface area contributed by atoms with Gasteiger partial charge in [0.1, 0.15) is 0 Å². The monoisotopic (exact) mass is 266 g/mol. The van der Waals surface area contributed by atoms with Crippen molar-refractivity contribution in [3.8, 4) is 0 Å². The van der Waals surface area contributed by atoms with Gasteiger partial charge in [-0.2, -0.15) is 0 Å². The number of hydrogen-bond donors (Lipinski definition) is 0. The summed E-state index contributed by atoms with van der Waals surface area (Å²) in [4.78, 5) is 0. The Morgan fingerprint density at radius 1 is 1.55 bits per heavy atom. The normalized spacial score (nSPS) is 46.6. The first kappa shape index (κ1) is 8.30. The summed E-state index contributed by atoms with van der Waals surface area (Å²) in [5.74, 6) is 0. The zero-order chi connectivity index (χ0) is 8.11. The topological polar surface area (TPSA) is 9.23 Å². The second-order valence-corrected chi connectivity index (χ2v) is 5.51. The van der Waals surface area contributed by atoms with Gasteiger partial charge in [-0.1, -0.05) is 36.4 Å². The lowest BCUT2D eigenvalue weighted by Crippen LogP contribution is -2.09. The van der Waals surface area contributed by atoms with Crippen LogP contribution in [0.3, 0.4) is 0 Å². The summed E-state index contributed by atoms with van der Waals surface area (Å²) < 4.78 is 6.87. The molecule has 0 bridgehead atoms. The summed E-state index contributed by atoms with van der Waals surface area (Å²) in [5.41, 5.74) is 1.16. The highest BCUT2D eigenvalue weighted by Gasteiger charge is 2.64. The molecule has 0 radical (unpaired) electrons. The molecule has 1 aliphatic heterocycles. The molecule has 2 rings (SSSR count). The number of rotatable bonds is 1. The predicted octanol–water partition coefficient (Wildman–Crippen LogP) is 2.63. The van der Waals surface area contributed by atoms with Crippen LogP contribution in [0.2, 0.25) is 0 Å². The first-order valence-electron chi connectivity index (χ1n) is 4.27. The van der Waals surface area contributed by atoms with E-state index in [1.165, 1.54) is 12.8 Å². The fourth-order valence-corrected chi connectivity index (χ4v) is 2.89. The highest BCUT2D eigenvalue weighted by atomic mass is 127. The van der Waals surface area contributed by atoms with Gasteiger partial charge in [0.15, 0.2) is 0 Å². The molecule has 1 spiro atoms. The third-order valence-electron chi connectivity index (χ3n) is 3.48. The van der Waals surface area contributed by atoms with Crippen molar-refractivity contribution in [1.29, 1.82) is 0 Å². The Labute approximate surface area is 82.0 Å². The van der Waals surface area contributed by atoms with Gasteiger partial charge in [-0.25, -0.2) is 0 Å². The van der Waals surface area contributed by atoms with E-state index in [0.29, 0.717) is 16.9 Å². The molecule has 64 valence electrons. The van der Waals surface area contributed by atoms with Crippen molar-refractivity contribution in [2.45, 2.75) is 32.8 Å². The Bertz CT molecular complexity index is 178. The number of alkyl halides is 1. The third kappa shape index (κ3) is 1.13. The number of halogens is 1. The molecule has 2 heteroatoms. The zero-order valence-electron chi connectivity index (χ0n) is 7.19. The Morgan fingerprint density at radius 2 is 2.18 bits per heavy atom. The molecule has 1 heterocycles. The van der Waals surface area contributed by atoms with E-state index >= 15 is 0 Å². The summed E-state index contributed by atoms with van der Waals surface area (Å²) in [6.07, 6.45) is 3.24. The first-order chi connectivity index (χ1) is 5.10. The van der Waals surface area contributed by atoms with E-state index in [1.807, 2.05) is 0 Å². The maximum Gasteiger partial charge on any atom is 0.0671 e. The molecule has 0 amide bonds. The van der Waals surface area contributed by atoms with Crippen LogP contribution in [0.1, 0.15) is 26.7 Å². The van der Waals surface area contributed by atoms with Gasteiger partial charge in [0.05, 0.1) is 12.7 Å². The minimum atomic E-state index is 0.553. The van der Waals surface area contributed by atoms with Crippen molar-refractivity contribution in [2.75, 3.05) is 11.0 Å². The van der Waals surface area contributed by atoms with Gasteiger partial charge in [-0.15, -0.1) is 0 Å². The smallest absolute Gasteiger partial charge is 0.0671 e. The average Bonchev–Trinajstić information content (AvgIpc) is 2.35. The second-order valence-electron chi connectivity index (χ2n) is 4.63. The number of ether oxygens (including phenoxy) is 1. The second kappa shape index (κ2) is 2.34. The predicted molar refractivity (Wildman–Crippen MR) is 54.1 cm³/mol. The van der Waals surface area contributed by atoms with Crippen LogP contribution in [0.15, 0.2) is 0 Å². The maximum atomic E-state index is 5.71. The van der Waals surface area contributed by atoms with Crippen molar-refractivity contribution >= 4 is 22.6 Å². The maximum absolute atomic E-state index is 5.71. The van der Waals surface area contributed by atoms with E-state index in [4.69, 9.17) is 4.74 Å². The molecule has 0 unspecified atom stereocenters. The fraction of sp³-hybridized carbons (Fsp3) is 1.00. The SMILES string of the molecule is CC1(C)C[C@]12CO[C@@H](CI)C2. The summed E-state index contributed by atoms with van der Waals surface area (Å²) >= 11 is 2.42. The fourth-order valence-electron chi connectivity index (χ4n) is 2.33. The molecule has 11 heavy (non-hydrogen) atoms. The van der Waals surface area contributed by atoms with Crippen LogP contribution in [0, 0.1) is 10.8 Å². The van der Waals surface area contributed by atoms with Crippen molar-refractivity contribution in [2.24, 2.45) is 10.8 Å². The molecule has 0 aromatic heterocycles. The molecule has 2 aliphatic rings. The number of hydrogen-bond acceptors (Lipinski definition) is 1. The Hall–Kier alpha value is 0.690. The van der Waals surface area contributed by atoms with Crippen molar-refractivity contribution in [1.82, 2.24) is 0 Å². The average molecular weight is 266 g/mol. The van der Waals surface area contributed by atoms with Crippen LogP contribution in [-0.4, -0.2) is 17.1 Å². The molecule has 2 fully saturated rings. The van der Waals surface area contributed by atoms with Gasteiger partial charge in [-0.3, -0.25) is 0 Å². The van der Waals surface area contributed by atoms with Gasteiger partial charge >= 0.3 is 0 Å². The van der Waals surface area contributed by atoms with Crippen molar-refractivity contribution in [3.63, 3.8) is 0 Å². The van der Waals surface area contributed by atoms with E-state index in [9.17, 15) is 0 Å². The summed E-state index contributed by atoms with van der Waals surface area (Å²) in [6, 6.07) is 0. The summed E-state index contributed by atoms with van der Waals surface area (Å²) in [5, 5.41) is 0. The molecule has 2 atom stereocenters. The van der Waals surface area contributed by atoms with Crippen LogP contribution in [-0.2, 0) is 4.74 Å². The lowest BCUT2D eigenvalue weighted by molar-refractivity contribution is 0.120. The van der Waals surface area contributed by atoms with Crippen LogP contribution >= 0.6 is 22.6 Å². The van der Waals surface area contributed by atoms with Gasteiger partial charge in [0, 0.05) is 9.84 Å². The van der Waals surface area contributed by atoms with Crippen molar-refractivity contribution < 1.29 is 4.74 Å². The van der Waals surface area contributed by atoms with Crippen LogP contribution in [0.25, 0.3) is 0 Å². The molecule has 0 N–H and O–H groups in total. The lowest BCUT2D eigenvalue weighted by atomic mass is 9.93. The molecular formula is C9H15IO. The van der Waals surface area contributed by atoms with Gasteiger partial charge in [-0.05, 0) is 18.3 Å². The van der Waals surface area contributed by atoms with E-state index in [0.717, 1.165) is 11.0 Å². The van der Waals surface area contributed by atoms with Crippen LogP contribution < -0.4 is 0 Å². The van der Waals surface area contributed by atoms with Gasteiger partial charge in [0.25, 0.3) is 0 Å². The summed E-state index contributed by atoms with van der Waals surface area (Å²) in [6.45, 7) is 5.76. The standard InChI is InChI=1S/C9H15IO/c1-8(2)5-9(8)3-7(4-10)11-6-9/h7H,3-6H2,1-2H3/t7-,9-/m1/s1. The molecule has 1 aliphatic carbocycles. The van der Waals surface area contributed by atoms with E-state index < -0.39 is 0 Å². The molecule has 1 saturated carbocycles.